The van der Waals surface area contributed by atoms with Crippen molar-refractivity contribution in [1.82, 2.24) is 19.8 Å². The van der Waals surface area contributed by atoms with Gasteiger partial charge in [0.1, 0.15) is 4.83 Å². The summed E-state index contributed by atoms with van der Waals surface area (Å²) in [5.74, 6) is 0.0399. The summed E-state index contributed by atoms with van der Waals surface area (Å²) in [6.07, 6.45) is 0.633. The number of amides is 2. The first kappa shape index (κ1) is 24.3. The van der Waals surface area contributed by atoms with E-state index in [0.717, 1.165) is 27.3 Å². The first-order valence-corrected chi connectivity index (χ1v) is 13.5. The lowest BCUT2D eigenvalue weighted by Gasteiger charge is -2.25. The third kappa shape index (κ3) is 4.81. The molecule has 0 fully saturated rings. The molecule has 0 saturated carbocycles. The molecule has 2 aromatic heterocycles. The predicted molar refractivity (Wildman–Crippen MR) is 144 cm³/mol. The van der Waals surface area contributed by atoms with Crippen LogP contribution >= 0.6 is 23.1 Å². The third-order valence-electron chi connectivity index (χ3n) is 6.31. The summed E-state index contributed by atoms with van der Waals surface area (Å²) in [5, 5.41) is 4.05. The molecular weight excluding hydrogens is 492 g/mol. The van der Waals surface area contributed by atoms with Gasteiger partial charge >= 0.3 is 0 Å². The van der Waals surface area contributed by atoms with Gasteiger partial charge in [0, 0.05) is 24.9 Å². The summed E-state index contributed by atoms with van der Waals surface area (Å²) in [5.41, 5.74) is 3.59. The lowest BCUT2D eigenvalue weighted by Crippen LogP contribution is -2.34. The molecule has 0 saturated heterocycles. The summed E-state index contributed by atoms with van der Waals surface area (Å²) in [6, 6.07) is 17.4. The number of aromatic nitrogens is 2. The largest absolute Gasteiger partial charge is 0.351 e. The average Bonchev–Trinajstić information content (AvgIpc) is 3.25. The number of carbonyl (C=O) groups excluding carboxylic acids is 2. The number of nitrogens with zero attached hydrogens (tertiary/aromatic N) is 3. The monoisotopic (exact) mass is 518 g/mol. The SMILES string of the molecule is CC(=O)N1CCc2c(sc3nc(SCC(=O)NCc4ccccc4)n(-c4ccccc4C)c(=O)c23)C1. The number of rotatable bonds is 6. The molecule has 0 unspecified atom stereocenters. The highest BCUT2D eigenvalue weighted by atomic mass is 32.2. The fraction of sp³-hybridized carbons (Fsp3) is 0.259. The van der Waals surface area contributed by atoms with E-state index >= 15 is 0 Å². The Labute approximate surface area is 217 Å². The predicted octanol–water partition coefficient (Wildman–Crippen LogP) is 4.07. The lowest BCUT2D eigenvalue weighted by molar-refractivity contribution is -0.129. The van der Waals surface area contributed by atoms with E-state index in [9.17, 15) is 14.4 Å². The van der Waals surface area contributed by atoms with Gasteiger partial charge in [-0.1, -0.05) is 60.3 Å². The van der Waals surface area contributed by atoms with Gasteiger partial charge in [0.2, 0.25) is 11.8 Å². The van der Waals surface area contributed by atoms with E-state index in [1.807, 2.05) is 61.5 Å². The van der Waals surface area contributed by atoms with Crippen molar-refractivity contribution in [2.75, 3.05) is 12.3 Å². The second-order valence-corrected chi connectivity index (χ2v) is 10.8. The highest BCUT2D eigenvalue weighted by molar-refractivity contribution is 7.99. The van der Waals surface area contributed by atoms with E-state index in [1.165, 1.54) is 23.1 Å². The first-order chi connectivity index (χ1) is 17.4. The van der Waals surface area contributed by atoms with E-state index in [-0.39, 0.29) is 23.1 Å². The molecule has 1 aliphatic rings. The van der Waals surface area contributed by atoms with Crippen LogP contribution in [0.5, 0.6) is 0 Å². The topological polar surface area (TPSA) is 84.3 Å². The molecule has 0 radical (unpaired) electrons. The molecule has 1 N–H and O–H groups in total. The third-order valence-corrected chi connectivity index (χ3v) is 8.36. The maximum atomic E-state index is 13.9. The Morgan fingerprint density at radius 1 is 1.11 bits per heavy atom. The minimum atomic E-state index is -0.129. The van der Waals surface area contributed by atoms with Crippen molar-refractivity contribution in [2.45, 2.75) is 38.5 Å². The van der Waals surface area contributed by atoms with Crippen molar-refractivity contribution in [2.24, 2.45) is 0 Å². The fourth-order valence-electron chi connectivity index (χ4n) is 4.39. The van der Waals surface area contributed by atoms with Gasteiger partial charge in [-0.25, -0.2) is 4.98 Å². The quantitative estimate of drug-likeness (QED) is 0.307. The molecule has 2 aromatic carbocycles. The second-order valence-electron chi connectivity index (χ2n) is 8.75. The highest BCUT2D eigenvalue weighted by Gasteiger charge is 2.27. The molecule has 184 valence electrons. The molecule has 4 aromatic rings. The van der Waals surface area contributed by atoms with E-state index in [4.69, 9.17) is 4.98 Å². The van der Waals surface area contributed by atoms with Crippen LogP contribution < -0.4 is 10.9 Å². The second kappa shape index (κ2) is 10.3. The van der Waals surface area contributed by atoms with Crippen molar-refractivity contribution in [3.8, 4) is 5.69 Å². The molecule has 0 atom stereocenters. The van der Waals surface area contributed by atoms with E-state index in [2.05, 4.69) is 5.32 Å². The Hall–Kier alpha value is -3.43. The van der Waals surface area contributed by atoms with Gasteiger partial charge < -0.3 is 10.2 Å². The normalized spacial score (nSPS) is 13.0. The number of thiophene rings is 1. The molecule has 5 rings (SSSR count). The molecule has 0 aliphatic carbocycles. The van der Waals surface area contributed by atoms with Crippen molar-refractivity contribution >= 4 is 45.1 Å². The summed E-state index contributed by atoms with van der Waals surface area (Å²) < 4.78 is 1.64. The molecule has 2 amide bonds. The minimum Gasteiger partial charge on any atom is -0.351 e. The first-order valence-electron chi connectivity index (χ1n) is 11.7. The van der Waals surface area contributed by atoms with Gasteiger partial charge in [-0.3, -0.25) is 19.0 Å². The van der Waals surface area contributed by atoms with Crippen molar-refractivity contribution in [3.63, 3.8) is 0 Å². The van der Waals surface area contributed by atoms with Crippen LogP contribution in [-0.4, -0.2) is 38.6 Å². The fourth-order valence-corrected chi connectivity index (χ4v) is 6.51. The number of aryl methyl sites for hydroxylation is 1. The number of carbonyl (C=O) groups is 2. The van der Waals surface area contributed by atoms with Gasteiger partial charge in [-0.2, -0.15) is 0 Å². The number of benzene rings is 2. The van der Waals surface area contributed by atoms with Gasteiger partial charge in [0.25, 0.3) is 5.56 Å². The molecular formula is C27H26N4O3S2. The zero-order valence-corrected chi connectivity index (χ0v) is 21.7. The van der Waals surface area contributed by atoms with E-state index in [1.54, 1.807) is 16.4 Å². The van der Waals surface area contributed by atoms with Crippen LogP contribution in [0.2, 0.25) is 0 Å². The molecule has 7 nitrogen and oxygen atoms in total. The minimum absolute atomic E-state index is 0.0288. The summed E-state index contributed by atoms with van der Waals surface area (Å²) in [6.45, 7) is 5.07. The van der Waals surface area contributed by atoms with Crippen LogP contribution in [0, 0.1) is 6.92 Å². The van der Waals surface area contributed by atoms with Crippen LogP contribution in [0.4, 0.5) is 0 Å². The molecule has 9 heteroatoms. The maximum Gasteiger partial charge on any atom is 0.267 e. The Morgan fingerprint density at radius 2 is 1.86 bits per heavy atom. The summed E-state index contributed by atoms with van der Waals surface area (Å²) >= 11 is 2.72. The van der Waals surface area contributed by atoms with Gasteiger partial charge in [-0.15, -0.1) is 11.3 Å². The maximum absolute atomic E-state index is 13.9. The van der Waals surface area contributed by atoms with Gasteiger partial charge in [-0.05, 0) is 36.1 Å². The number of hydrogen-bond donors (Lipinski definition) is 1. The van der Waals surface area contributed by atoms with Crippen LogP contribution in [0.15, 0.2) is 64.5 Å². The highest BCUT2D eigenvalue weighted by Crippen LogP contribution is 2.34. The molecule has 0 spiro atoms. The Balaban J connectivity index is 1.50. The van der Waals surface area contributed by atoms with E-state index < -0.39 is 0 Å². The zero-order valence-electron chi connectivity index (χ0n) is 20.1. The number of thioether (sulfide) groups is 1. The molecule has 1 aliphatic heterocycles. The Morgan fingerprint density at radius 3 is 2.61 bits per heavy atom. The Bertz CT molecular complexity index is 1510. The van der Waals surface area contributed by atoms with E-state index in [0.29, 0.717) is 41.4 Å². The summed E-state index contributed by atoms with van der Waals surface area (Å²) in [7, 11) is 0. The van der Waals surface area contributed by atoms with Crippen LogP contribution in [0.25, 0.3) is 15.9 Å². The number of fused-ring (bicyclic) bond motifs is 3. The zero-order chi connectivity index (χ0) is 25.2. The summed E-state index contributed by atoms with van der Waals surface area (Å²) in [4.78, 5) is 46.8. The number of nitrogens with one attached hydrogen (secondary N) is 1. The van der Waals surface area contributed by atoms with Crippen molar-refractivity contribution in [1.29, 1.82) is 0 Å². The Kier molecular flexibility index (Phi) is 6.93. The lowest BCUT2D eigenvalue weighted by atomic mass is 10.1. The standard InChI is InChI=1S/C27H26N4O3S2/c1-17-8-6-7-11-21(17)31-26(34)24-20-12-13-30(18(2)32)15-22(20)36-25(24)29-27(31)35-16-23(33)28-14-19-9-4-3-5-10-19/h3-11H,12-16H2,1-2H3,(H,28,33). The molecule has 0 bridgehead atoms. The van der Waals surface area contributed by atoms with Crippen molar-refractivity contribution < 1.29 is 9.59 Å². The van der Waals surface area contributed by atoms with Crippen LogP contribution in [-0.2, 0) is 29.1 Å². The number of hydrogen-bond acceptors (Lipinski definition) is 6. The van der Waals surface area contributed by atoms with Crippen molar-refractivity contribution in [3.05, 3.63) is 86.5 Å². The molecule has 3 heterocycles. The van der Waals surface area contributed by atoms with Gasteiger partial charge in [0.05, 0.1) is 23.4 Å². The number of para-hydroxylation sites is 1. The van der Waals surface area contributed by atoms with Gasteiger partial charge in [0.15, 0.2) is 5.16 Å². The average molecular weight is 519 g/mol. The van der Waals surface area contributed by atoms with Crippen LogP contribution in [0.1, 0.15) is 28.5 Å². The molecule has 36 heavy (non-hydrogen) atoms. The smallest absolute Gasteiger partial charge is 0.267 e. The van der Waals surface area contributed by atoms with Crippen LogP contribution in [0.3, 0.4) is 0 Å².